The van der Waals surface area contributed by atoms with E-state index in [4.69, 9.17) is 4.42 Å². The van der Waals surface area contributed by atoms with Crippen molar-refractivity contribution >= 4 is 27.7 Å². The fourth-order valence-electron chi connectivity index (χ4n) is 3.45. The minimum absolute atomic E-state index is 0.0768. The molecule has 33 heavy (non-hydrogen) atoms. The highest BCUT2D eigenvalue weighted by atomic mass is 32.2. The summed E-state index contributed by atoms with van der Waals surface area (Å²) in [5.41, 5.74) is 3.77. The van der Waals surface area contributed by atoms with Crippen LogP contribution in [0.1, 0.15) is 62.0 Å². The third-order valence-corrected chi connectivity index (χ3v) is 6.67. The van der Waals surface area contributed by atoms with Crippen LogP contribution in [-0.4, -0.2) is 14.3 Å². The number of carbonyl (C=O) groups excluding carboxylic acids is 1. The van der Waals surface area contributed by atoms with E-state index in [0.29, 0.717) is 5.76 Å². The van der Waals surface area contributed by atoms with Crippen molar-refractivity contribution in [3.05, 3.63) is 89.4 Å². The van der Waals surface area contributed by atoms with Crippen LogP contribution in [0.15, 0.2) is 76.2 Å². The zero-order chi connectivity index (χ0) is 24.0. The molecule has 0 saturated carbocycles. The van der Waals surface area contributed by atoms with Crippen molar-refractivity contribution in [2.45, 2.75) is 51.0 Å². The minimum Gasteiger partial charge on any atom is -0.468 e. The number of nitrogens with one attached hydrogen (secondary N) is 2. The Balaban J connectivity index is 1.69. The van der Waals surface area contributed by atoms with Crippen LogP contribution in [0, 0.1) is 0 Å². The first kappa shape index (κ1) is 24.5. The number of benzene rings is 2. The molecule has 3 aromatic rings. The molecule has 2 N–H and O–H groups in total. The summed E-state index contributed by atoms with van der Waals surface area (Å²) >= 11 is 0. The van der Waals surface area contributed by atoms with E-state index in [-0.39, 0.29) is 29.2 Å². The molecule has 0 bridgehead atoms. The topological polar surface area (TPSA) is 88.4 Å². The molecule has 1 heterocycles. The molecule has 1 aromatic heterocycles. The first-order valence-electron chi connectivity index (χ1n) is 10.9. The quantitative estimate of drug-likeness (QED) is 0.399. The Morgan fingerprint density at radius 1 is 0.939 bits per heavy atom. The highest BCUT2D eigenvalue weighted by Gasteiger charge is 2.16. The third kappa shape index (κ3) is 6.43. The molecule has 0 aliphatic heterocycles. The van der Waals surface area contributed by atoms with E-state index in [1.165, 1.54) is 24.5 Å². The van der Waals surface area contributed by atoms with E-state index >= 15 is 0 Å². The van der Waals surface area contributed by atoms with Crippen molar-refractivity contribution < 1.29 is 17.6 Å². The average Bonchev–Trinajstić information content (AvgIpc) is 3.30. The second kappa shape index (κ2) is 10.6. The van der Waals surface area contributed by atoms with E-state index < -0.39 is 10.0 Å². The number of hydrogen-bond acceptors (Lipinski definition) is 4. The summed E-state index contributed by atoms with van der Waals surface area (Å²) in [5.74, 6) is 0.850. The van der Waals surface area contributed by atoms with Crippen molar-refractivity contribution in [2.24, 2.45) is 0 Å². The Kier molecular flexibility index (Phi) is 7.89. The van der Waals surface area contributed by atoms with Gasteiger partial charge in [-0.25, -0.2) is 13.1 Å². The van der Waals surface area contributed by atoms with E-state index in [2.05, 4.69) is 37.7 Å². The second-order valence-corrected chi connectivity index (χ2v) is 10.2. The molecular formula is C26H30N2O4S. The number of rotatable bonds is 9. The lowest BCUT2D eigenvalue weighted by molar-refractivity contribution is -0.111. The lowest BCUT2D eigenvalue weighted by atomic mass is 9.92. The van der Waals surface area contributed by atoms with Crippen molar-refractivity contribution in [3.63, 3.8) is 0 Å². The van der Waals surface area contributed by atoms with Gasteiger partial charge >= 0.3 is 0 Å². The first-order chi connectivity index (χ1) is 15.7. The van der Waals surface area contributed by atoms with Crippen LogP contribution < -0.4 is 10.0 Å². The molecular weight excluding hydrogens is 436 g/mol. The summed E-state index contributed by atoms with van der Waals surface area (Å²) in [6.45, 7) is 8.48. The predicted octanol–water partition coefficient (Wildman–Crippen LogP) is 5.66. The molecule has 1 amide bonds. The molecule has 0 unspecified atom stereocenters. The number of hydrogen-bond donors (Lipinski definition) is 2. The Hall–Kier alpha value is -3.16. The third-order valence-electron chi connectivity index (χ3n) is 5.26. The molecule has 3 rings (SSSR count). The van der Waals surface area contributed by atoms with Gasteiger partial charge in [-0.05, 0) is 58.9 Å². The predicted molar refractivity (Wildman–Crippen MR) is 131 cm³/mol. The van der Waals surface area contributed by atoms with E-state index in [1.54, 1.807) is 30.3 Å². The van der Waals surface area contributed by atoms with Gasteiger partial charge in [-0.1, -0.05) is 58.0 Å². The van der Waals surface area contributed by atoms with Crippen LogP contribution in [0.25, 0.3) is 6.08 Å². The molecule has 0 fully saturated rings. The summed E-state index contributed by atoms with van der Waals surface area (Å²) in [5, 5.41) is 3.04. The van der Waals surface area contributed by atoms with Crippen LogP contribution >= 0.6 is 0 Å². The second-order valence-electron chi connectivity index (χ2n) is 8.42. The zero-order valence-corrected chi connectivity index (χ0v) is 20.1. The van der Waals surface area contributed by atoms with Gasteiger partial charge in [-0.2, -0.15) is 0 Å². The molecule has 0 aliphatic carbocycles. The molecule has 7 heteroatoms. The molecule has 0 radical (unpaired) electrons. The monoisotopic (exact) mass is 466 g/mol. The largest absolute Gasteiger partial charge is 0.468 e. The van der Waals surface area contributed by atoms with Gasteiger partial charge in [0.2, 0.25) is 15.9 Å². The molecule has 6 nitrogen and oxygen atoms in total. The van der Waals surface area contributed by atoms with E-state index in [9.17, 15) is 13.2 Å². The zero-order valence-electron chi connectivity index (χ0n) is 19.3. The Morgan fingerprint density at radius 3 is 2.12 bits per heavy atom. The fraction of sp³-hybridized carbons (Fsp3) is 0.269. The van der Waals surface area contributed by atoms with Crippen molar-refractivity contribution in [2.75, 3.05) is 5.32 Å². The fourth-order valence-corrected chi connectivity index (χ4v) is 4.45. The first-order valence-corrected chi connectivity index (χ1v) is 12.4. The summed E-state index contributed by atoms with van der Waals surface area (Å²) in [4.78, 5) is 12.8. The highest BCUT2D eigenvalue weighted by Crippen LogP contribution is 2.32. The maximum atomic E-state index is 12.6. The van der Waals surface area contributed by atoms with E-state index in [0.717, 1.165) is 22.4 Å². The van der Waals surface area contributed by atoms with Gasteiger partial charge in [-0.3, -0.25) is 4.79 Å². The van der Waals surface area contributed by atoms with Crippen molar-refractivity contribution in [1.82, 2.24) is 4.72 Å². The number of furan rings is 1. The number of anilines is 1. The summed E-state index contributed by atoms with van der Waals surface area (Å²) < 4.78 is 32.5. The molecule has 0 atom stereocenters. The number of para-hydroxylation sites is 1. The lowest BCUT2D eigenvalue weighted by Gasteiger charge is -2.19. The average molecular weight is 467 g/mol. The summed E-state index contributed by atoms with van der Waals surface area (Å²) in [6, 6.07) is 15.8. The van der Waals surface area contributed by atoms with Gasteiger partial charge in [-0.15, -0.1) is 0 Å². The maximum Gasteiger partial charge on any atom is 0.248 e. The van der Waals surface area contributed by atoms with Gasteiger partial charge in [0, 0.05) is 11.8 Å². The Bertz CT molecular complexity index is 1180. The number of sulfonamides is 1. The van der Waals surface area contributed by atoms with Gasteiger partial charge in [0.25, 0.3) is 0 Å². The number of carbonyl (C=O) groups is 1. The minimum atomic E-state index is -3.66. The molecule has 0 spiro atoms. The summed E-state index contributed by atoms with van der Waals surface area (Å²) in [7, 11) is -3.66. The number of amides is 1. The smallest absolute Gasteiger partial charge is 0.248 e. The van der Waals surface area contributed by atoms with Crippen LogP contribution in [0.2, 0.25) is 0 Å². The molecule has 174 valence electrons. The van der Waals surface area contributed by atoms with Crippen LogP contribution in [0.4, 0.5) is 5.69 Å². The van der Waals surface area contributed by atoms with Crippen molar-refractivity contribution in [3.8, 4) is 0 Å². The Labute approximate surface area is 195 Å². The van der Waals surface area contributed by atoms with E-state index in [1.807, 2.05) is 18.2 Å². The summed E-state index contributed by atoms with van der Waals surface area (Å²) in [6.07, 6.45) is 4.61. The lowest BCUT2D eigenvalue weighted by Crippen LogP contribution is -2.22. The highest BCUT2D eigenvalue weighted by molar-refractivity contribution is 7.89. The standard InChI is InChI=1S/C26H30N2O4S/c1-18(2)23-8-5-9-24(19(3)4)26(23)28-25(29)15-12-20-10-13-22(14-11-20)33(30,31)27-17-21-7-6-16-32-21/h5-16,18-19,27H,17H2,1-4H3,(H,28,29)/b15-12+. The van der Waals surface area contributed by atoms with Gasteiger partial charge < -0.3 is 9.73 Å². The van der Waals surface area contributed by atoms with Crippen LogP contribution in [-0.2, 0) is 21.4 Å². The van der Waals surface area contributed by atoms with Gasteiger partial charge in [0.1, 0.15) is 5.76 Å². The van der Waals surface area contributed by atoms with Gasteiger partial charge in [0.15, 0.2) is 0 Å². The molecule has 0 saturated heterocycles. The molecule has 2 aromatic carbocycles. The molecule has 0 aliphatic rings. The van der Waals surface area contributed by atoms with Crippen molar-refractivity contribution in [1.29, 1.82) is 0 Å². The normalized spacial score (nSPS) is 12.1. The van der Waals surface area contributed by atoms with Crippen LogP contribution in [0.5, 0.6) is 0 Å². The van der Waals surface area contributed by atoms with Crippen LogP contribution in [0.3, 0.4) is 0 Å². The van der Waals surface area contributed by atoms with Gasteiger partial charge in [0.05, 0.1) is 17.7 Å². The maximum absolute atomic E-state index is 12.6. The Morgan fingerprint density at radius 2 is 1.58 bits per heavy atom. The SMILES string of the molecule is CC(C)c1cccc(C(C)C)c1NC(=O)/C=C/c1ccc(S(=O)(=O)NCc2ccco2)cc1.